The van der Waals surface area contributed by atoms with Gasteiger partial charge in [-0.3, -0.25) is 14.3 Å². The molecule has 1 aliphatic rings. The summed E-state index contributed by atoms with van der Waals surface area (Å²) >= 11 is 0. The molecule has 1 atom stereocenters. The van der Waals surface area contributed by atoms with Crippen LogP contribution in [0.25, 0.3) is 0 Å². The maximum atomic E-state index is 12.5. The van der Waals surface area contributed by atoms with E-state index in [0.717, 1.165) is 5.69 Å². The molecule has 1 amide bonds. The van der Waals surface area contributed by atoms with E-state index in [0.29, 0.717) is 37.4 Å². The predicted molar refractivity (Wildman–Crippen MR) is 94.0 cm³/mol. The van der Waals surface area contributed by atoms with Gasteiger partial charge in [0.2, 0.25) is 15.9 Å². The summed E-state index contributed by atoms with van der Waals surface area (Å²) in [4.78, 5) is 25.9. The molecule has 1 unspecified atom stereocenters. The summed E-state index contributed by atoms with van der Waals surface area (Å²) in [6.45, 7) is 8.48. The number of aryl methyl sites for hydroxylation is 1. The van der Waals surface area contributed by atoms with Gasteiger partial charge in [0.1, 0.15) is 0 Å². The minimum atomic E-state index is -3.21. The molecule has 25 heavy (non-hydrogen) atoms. The first-order chi connectivity index (χ1) is 11.5. The number of nitrogens with zero attached hydrogens (tertiary/aromatic N) is 4. The fourth-order valence-corrected chi connectivity index (χ4v) is 4.17. The van der Waals surface area contributed by atoms with Crippen LogP contribution in [0.2, 0.25) is 0 Å². The van der Waals surface area contributed by atoms with Crippen LogP contribution in [0.5, 0.6) is 0 Å². The second-order valence-electron chi connectivity index (χ2n) is 6.64. The van der Waals surface area contributed by atoms with E-state index in [9.17, 15) is 18.0 Å². The van der Waals surface area contributed by atoms with Crippen molar-refractivity contribution in [3.63, 3.8) is 0 Å². The number of carbonyl (C=O) groups excluding carboxylic acids is 2. The fourth-order valence-electron chi connectivity index (χ4n) is 3.34. The van der Waals surface area contributed by atoms with Crippen LogP contribution >= 0.6 is 0 Å². The Morgan fingerprint density at radius 2 is 1.72 bits per heavy atom. The lowest BCUT2D eigenvalue weighted by molar-refractivity contribution is -0.133. The van der Waals surface area contributed by atoms with Crippen molar-refractivity contribution in [2.45, 2.75) is 40.2 Å². The van der Waals surface area contributed by atoms with Gasteiger partial charge < -0.3 is 4.90 Å². The average Bonchev–Trinajstić information content (AvgIpc) is 2.81. The van der Waals surface area contributed by atoms with Crippen LogP contribution < -0.4 is 0 Å². The Bertz CT molecular complexity index is 776. The molecule has 1 saturated heterocycles. The van der Waals surface area contributed by atoms with E-state index in [4.69, 9.17) is 0 Å². The van der Waals surface area contributed by atoms with Gasteiger partial charge in [0, 0.05) is 38.3 Å². The number of hydrogen-bond donors (Lipinski definition) is 0. The van der Waals surface area contributed by atoms with Gasteiger partial charge in [0.25, 0.3) is 0 Å². The van der Waals surface area contributed by atoms with E-state index in [2.05, 4.69) is 5.10 Å². The van der Waals surface area contributed by atoms with E-state index < -0.39 is 10.0 Å². The molecule has 0 bridgehead atoms. The van der Waals surface area contributed by atoms with Gasteiger partial charge >= 0.3 is 0 Å². The van der Waals surface area contributed by atoms with Crippen LogP contribution in [0.1, 0.15) is 48.1 Å². The van der Waals surface area contributed by atoms with Crippen molar-refractivity contribution < 1.29 is 18.0 Å². The molecule has 140 valence electrons. The van der Waals surface area contributed by atoms with Crippen molar-refractivity contribution in [1.82, 2.24) is 19.0 Å². The molecule has 9 heteroatoms. The molecule has 1 fully saturated rings. The van der Waals surface area contributed by atoms with Gasteiger partial charge in [0.15, 0.2) is 5.78 Å². The van der Waals surface area contributed by atoms with Crippen molar-refractivity contribution in [2.24, 2.45) is 0 Å². The fraction of sp³-hybridized carbons (Fsp3) is 0.688. The highest BCUT2D eigenvalue weighted by molar-refractivity contribution is 7.88. The SMILES string of the molecule is CC(=O)c1c(C)nn(C(C)CC(=O)N2CCN(S(C)(=O)=O)CC2)c1C. The zero-order chi connectivity index (χ0) is 18.9. The topological polar surface area (TPSA) is 92.6 Å². The molecule has 1 aromatic heterocycles. The highest BCUT2D eigenvalue weighted by Gasteiger charge is 2.27. The summed E-state index contributed by atoms with van der Waals surface area (Å²) in [5, 5.41) is 4.41. The van der Waals surface area contributed by atoms with E-state index >= 15 is 0 Å². The van der Waals surface area contributed by atoms with E-state index in [1.54, 1.807) is 16.5 Å². The van der Waals surface area contributed by atoms with E-state index in [1.807, 2.05) is 13.8 Å². The second-order valence-corrected chi connectivity index (χ2v) is 8.62. The van der Waals surface area contributed by atoms with Gasteiger partial charge in [-0.25, -0.2) is 8.42 Å². The lowest BCUT2D eigenvalue weighted by Gasteiger charge is -2.33. The largest absolute Gasteiger partial charge is 0.340 e. The normalized spacial score (nSPS) is 17.6. The molecular weight excluding hydrogens is 344 g/mol. The van der Waals surface area contributed by atoms with Gasteiger partial charge in [-0.2, -0.15) is 9.40 Å². The molecule has 0 spiro atoms. The molecule has 2 heterocycles. The number of aromatic nitrogens is 2. The molecule has 0 aliphatic carbocycles. The van der Waals surface area contributed by atoms with E-state index in [1.165, 1.54) is 17.5 Å². The quantitative estimate of drug-likeness (QED) is 0.714. The molecule has 0 N–H and O–H groups in total. The van der Waals surface area contributed by atoms with Crippen molar-refractivity contribution in [1.29, 1.82) is 0 Å². The number of piperazine rings is 1. The molecule has 2 rings (SSSR count). The smallest absolute Gasteiger partial charge is 0.224 e. The molecule has 0 aromatic carbocycles. The summed E-state index contributed by atoms with van der Waals surface area (Å²) in [6.07, 6.45) is 1.44. The standard InChI is InChI=1S/C16H26N4O4S/c1-11(20-13(3)16(14(4)21)12(2)17-20)10-15(22)18-6-8-19(9-7-18)25(5,23)24/h11H,6-10H2,1-5H3. The van der Waals surface area contributed by atoms with Crippen molar-refractivity contribution in [3.05, 3.63) is 17.0 Å². The average molecular weight is 370 g/mol. The first-order valence-electron chi connectivity index (χ1n) is 8.32. The van der Waals surface area contributed by atoms with Gasteiger partial charge in [-0.15, -0.1) is 0 Å². The maximum absolute atomic E-state index is 12.5. The van der Waals surface area contributed by atoms with Gasteiger partial charge in [-0.05, 0) is 27.7 Å². The summed E-state index contributed by atoms with van der Waals surface area (Å²) in [5.41, 5.74) is 2.05. The molecule has 8 nitrogen and oxygen atoms in total. The molecule has 1 aromatic rings. The van der Waals surface area contributed by atoms with E-state index in [-0.39, 0.29) is 24.2 Å². The first kappa shape index (κ1) is 19.6. The third-order valence-corrected chi connectivity index (χ3v) is 5.93. The van der Waals surface area contributed by atoms with Crippen LogP contribution in [-0.2, 0) is 14.8 Å². The number of carbonyl (C=O) groups is 2. The molecular formula is C16H26N4O4S. The highest BCUT2D eigenvalue weighted by Crippen LogP contribution is 2.21. The summed E-state index contributed by atoms with van der Waals surface area (Å²) < 4.78 is 26.2. The molecule has 1 aliphatic heterocycles. The third kappa shape index (κ3) is 4.27. The zero-order valence-corrected chi connectivity index (χ0v) is 16.3. The summed E-state index contributed by atoms with van der Waals surface area (Å²) in [6, 6.07) is -0.174. The third-order valence-electron chi connectivity index (χ3n) is 4.62. The van der Waals surface area contributed by atoms with Crippen LogP contribution in [0, 0.1) is 13.8 Å². The lowest BCUT2D eigenvalue weighted by atomic mass is 10.1. The Morgan fingerprint density at radius 3 is 2.16 bits per heavy atom. The van der Waals surface area contributed by atoms with Gasteiger partial charge in [0.05, 0.1) is 23.6 Å². The maximum Gasteiger partial charge on any atom is 0.224 e. The number of ketones is 1. The molecule has 0 saturated carbocycles. The Kier molecular flexibility index (Phi) is 5.68. The second kappa shape index (κ2) is 7.25. The number of sulfonamides is 1. The van der Waals surface area contributed by atoms with Crippen LogP contribution in [0.4, 0.5) is 0 Å². The Morgan fingerprint density at radius 1 is 1.16 bits per heavy atom. The number of hydrogen-bond acceptors (Lipinski definition) is 5. The number of amides is 1. The minimum absolute atomic E-state index is 0.0300. The van der Waals surface area contributed by atoms with Gasteiger partial charge in [-0.1, -0.05) is 0 Å². The van der Waals surface area contributed by atoms with Crippen molar-refractivity contribution in [3.8, 4) is 0 Å². The predicted octanol–water partition coefficient (Wildman–Crippen LogP) is 0.757. The monoisotopic (exact) mass is 370 g/mol. The van der Waals surface area contributed by atoms with Crippen molar-refractivity contribution in [2.75, 3.05) is 32.4 Å². The number of Topliss-reactive ketones (excluding diaryl/α,β-unsaturated/α-hetero) is 1. The Hall–Kier alpha value is -1.74. The summed E-state index contributed by atoms with van der Waals surface area (Å²) in [7, 11) is -3.21. The summed E-state index contributed by atoms with van der Waals surface area (Å²) in [5.74, 6) is -0.0609. The minimum Gasteiger partial charge on any atom is -0.340 e. The zero-order valence-electron chi connectivity index (χ0n) is 15.4. The molecule has 0 radical (unpaired) electrons. The van der Waals surface area contributed by atoms with Crippen LogP contribution in [0.15, 0.2) is 0 Å². The van der Waals surface area contributed by atoms with Crippen LogP contribution in [0.3, 0.4) is 0 Å². The Balaban J connectivity index is 2.02. The lowest BCUT2D eigenvalue weighted by Crippen LogP contribution is -2.50. The van der Waals surface area contributed by atoms with Crippen LogP contribution in [-0.4, -0.2) is 71.5 Å². The highest BCUT2D eigenvalue weighted by atomic mass is 32.2. The van der Waals surface area contributed by atoms with Crippen molar-refractivity contribution >= 4 is 21.7 Å². The first-order valence-corrected chi connectivity index (χ1v) is 10.2. The Labute approximate surface area is 148 Å². The number of rotatable bonds is 5.